The summed E-state index contributed by atoms with van der Waals surface area (Å²) >= 11 is 0. The van der Waals surface area contributed by atoms with Crippen molar-refractivity contribution in [3.8, 4) is 5.75 Å². The molecule has 0 bridgehead atoms. The van der Waals surface area contributed by atoms with Gasteiger partial charge in [-0.1, -0.05) is 13.3 Å². The second kappa shape index (κ2) is 13.0. The summed E-state index contributed by atoms with van der Waals surface area (Å²) in [6.07, 6.45) is 3.36. The van der Waals surface area contributed by atoms with Crippen LogP contribution in [0.25, 0.3) is 0 Å². The molecule has 1 aliphatic heterocycles. The summed E-state index contributed by atoms with van der Waals surface area (Å²) < 4.78 is 5.22. The molecule has 0 unspecified atom stereocenters. The lowest BCUT2D eigenvalue weighted by Crippen LogP contribution is -2.46. The SMILES string of the molecule is CCCCNC(N)=NCCCN1CCN(c2ccc(OC)cc2)CC1.I. The fraction of sp³-hybridized carbons (Fsp3) is 0.632. The fourth-order valence-corrected chi connectivity index (χ4v) is 2.97. The maximum Gasteiger partial charge on any atom is 0.188 e. The number of unbranched alkanes of at least 4 members (excludes halogenated alkanes) is 1. The zero-order valence-electron chi connectivity index (χ0n) is 16.1. The van der Waals surface area contributed by atoms with E-state index < -0.39 is 0 Å². The Morgan fingerprint density at radius 2 is 1.85 bits per heavy atom. The minimum atomic E-state index is 0. The monoisotopic (exact) mass is 475 g/mol. The molecule has 2 rings (SSSR count). The number of aliphatic imine (C=N–C) groups is 1. The zero-order valence-corrected chi connectivity index (χ0v) is 18.4. The molecule has 1 aliphatic rings. The highest BCUT2D eigenvalue weighted by atomic mass is 127. The van der Waals surface area contributed by atoms with Crippen LogP contribution in [0.2, 0.25) is 0 Å². The van der Waals surface area contributed by atoms with Gasteiger partial charge in [0.1, 0.15) is 5.75 Å². The molecule has 7 heteroatoms. The van der Waals surface area contributed by atoms with Gasteiger partial charge in [-0.25, -0.2) is 0 Å². The first-order chi connectivity index (χ1) is 12.2. The fourth-order valence-electron chi connectivity index (χ4n) is 2.97. The molecule has 1 aromatic carbocycles. The maximum atomic E-state index is 5.85. The molecular formula is C19H34IN5O. The first kappa shape index (κ1) is 22.8. The van der Waals surface area contributed by atoms with E-state index in [1.807, 2.05) is 12.1 Å². The van der Waals surface area contributed by atoms with E-state index in [9.17, 15) is 0 Å². The van der Waals surface area contributed by atoms with Crippen molar-refractivity contribution in [1.82, 2.24) is 10.2 Å². The zero-order chi connectivity index (χ0) is 17.9. The van der Waals surface area contributed by atoms with Crippen LogP contribution in [0.3, 0.4) is 0 Å². The second-order valence-corrected chi connectivity index (χ2v) is 6.43. The van der Waals surface area contributed by atoms with Crippen LogP contribution >= 0.6 is 24.0 Å². The molecule has 0 saturated carbocycles. The van der Waals surface area contributed by atoms with Crippen molar-refractivity contribution in [2.45, 2.75) is 26.2 Å². The predicted octanol–water partition coefficient (Wildman–Crippen LogP) is 2.53. The first-order valence-electron chi connectivity index (χ1n) is 9.38. The molecule has 6 nitrogen and oxygen atoms in total. The largest absolute Gasteiger partial charge is 0.497 e. The molecule has 0 spiro atoms. The Balaban J connectivity index is 0.00000338. The van der Waals surface area contributed by atoms with Crippen LogP contribution in [0.5, 0.6) is 5.75 Å². The van der Waals surface area contributed by atoms with Gasteiger partial charge in [-0.3, -0.25) is 9.89 Å². The summed E-state index contributed by atoms with van der Waals surface area (Å²) in [6.45, 7) is 9.29. The van der Waals surface area contributed by atoms with Gasteiger partial charge in [-0.2, -0.15) is 0 Å². The summed E-state index contributed by atoms with van der Waals surface area (Å²) in [5.74, 6) is 1.49. The number of nitrogens with one attached hydrogen (secondary N) is 1. The van der Waals surface area contributed by atoms with Crippen molar-refractivity contribution >= 4 is 35.6 Å². The molecule has 1 aromatic rings. The van der Waals surface area contributed by atoms with E-state index in [-0.39, 0.29) is 24.0 Å². The standard InChI is InChI=1S/C19H33N5O.HI/c1-3-4-10-21-19(20)22-11-5-12-23-13-15-24(16-14-23)17-6-8-18(25-2)9-7-17;/h6-9H,3-5,10-16H2,1-2H3,(H3,20,21,22);1H. The Labute approximate surface area is 175 Å². The maximum absolute atomic E-state index is 5.85. The number of guanidine groups is 1. The Bertz CT molecular complexity index is 515. The number of methoxy groups -OCH3 is 1. The lowest BCUT2D eigenvalue weighted by Gasteiger charge is -2.36. The number of halogens is 1. The molecule has 0 aromatic heterocycles. The average Bonchev–Trinajstić information content (AvgIpc) is 2.66. The van der Waals surface area contributed by atoms with E-state index in [0.717, 1.165) is 64.4 Å². The van der Waals surface area contributed by atoms with Gasteiger partial charge >= 0.3 is 0 Å². The van der Waals surface area contributed by atoms with Crippen LogP contribution in [0.4, 0.5) is 5.69 Å². The third-order valence-electron chi connectivity index (χ3n) is 4.56. The number of nitrogens with zero attached hydrogens (tertiary/aromatic N) is 3. The smallest absolute Gasteiger partial charge is 0.188 e. The van der Waals surface area contributed by atoms with Crippen LogP contribution in [0.15, 0.2) is 29.3 Å². The summed E-state index contributed by atoms with van der Waals surface area (Å²) in [6, 6.07) is 8.33. The second-order valence-electron chi connectivity index (χ2n) is 6.43. The molecule has 3 N–H and O–H groups in total. The molecule has 26 heavy (non-hydrogen) atoms. The quantitative estimate of drug-likeness (QED) is 0.249. The molecule has 1 fully saturated rings. The van der Waals surface area contributed by atoms with E-state index in [4.69, 9.17) is 10.5 Å². The Hall–Kier alpha value is -1.22. The van der Waals surface area contributed by atoms with Crippen LogP contribution in [-0.2, 0) is 0 Å². The van der Waals surface area contributed by atoms with E-state index in [0.29, 0.717) is 5.96 Å². The van der Waals surface area contributed by atoms with Crippen molar-refractivity contribution in [2.75, 3.05) is 57.8 Å². The van der Waals surface area contributed by atoms with Gasteiger partial charge in [-0.15, -0.1) is 24.0 Å². The molecule has 0 radical (unpaired) electrons. The Kier molecular flexibility index (Phi) is 11.4. The number of nitrogens with two attached hydrogens (primary N) is 1. The van der Waals surface area contributed by atoms with E-state index in [1.54, 1.807) is 7.11 Å². The average molecular weight is 475 g/mol. The number of hydrogen-bond donors (Lipinski definition) is 2. The number of ether oxygens (including phenoxy) is 1. The van der Waals surface area contributed by atoms with Crippen molar-refractivity contribution in [2.24, 2.45) is 10.7 Å². The van der Waals surface area contributed by atoms with Gasteiger partial charge in [0.05, 0.1) is 7.11 Å². The first-order valence-corrected chi connectivity index (χ1v) is 9.38. The molecule has 1 heterocycles. The van der Waals surface area contributed by atoms with Gasteiger partial charge in [-0.05, 0) is 37.1 Å². The van der Waals surface area contributed by atoms with Crippen LogP contribution in [0, 0.1) is 0 Å². The number of hydrogen-bond acceptors (Lipinski definition) is 4. The van der Waals surface area contributed by atoms with E-state index >= 15 is 0 Å². The number of rotatable bonds is 9. The highest BCUT2D eigenvalue weighted by Gasteiger charge is 2.16. The van der Waals surface area contributed by atoms with Gasteiger partial charge < -0.3 is 20.7 Å². The van der Waals surface area contributed by atoms with Crippen molar-refractivity contribution in [1.29, 1.82) is 0 Å². The lowest BCUT2D eigenvalue weighted by molar-refractivity contribution is 0.256. The van der Waals surface area contributed by atoms with Gasteiger partial charge in [0.2, 0.25) is 0 Å². The van der Waals surface area contributed by atoms with Crippen molar-refractivity contribution in [3.05, 3.63) is 24.3 Å². The number of benzene rings is 1. The molecule has 148 valence electrons. The number of piperazine rings is 1. The highest BCUT2D eigenvalue weighted by molar-refractivity contribution is 14.0. The summed E-state index contributed by atoms with van der Waals surface area (Å²) in [7, 11) is 1.70. The summed E-state index contributed by atoms with van der Waals surface area (Å²) in [5.41, 5.74) is 7.12. The van der Waals surface area contributed by atoms with E-state index in [1.165, 1.54) is 12.1 Å². The number of anilines is 1. The summed E-state index contributed by atoms with van der Waals surface area (Å²) in [4.78, 5) is 9.34. The van der Waals surface area contributed by atoms with Gasteiger partial charge in [0.15, 0.2) is 5.96 Å². The predicted molar refractivity (Wildman–Crippen MR) is 121 cm³/mol. The summed E-state index contributed by atoms with van der Waals surface area (Å²) in [5, 5.41) is 3.15. The van der Waals surface area contributed by atoms with Crippen molar-refractivity contribution < 1.29 is 4.74 Å². The third-order valence-corrected chi connectivity index (χ3v) is 4.56. The van der Waals surface area contributed by atoms with Crippen LogP contribution in [0.1, 0.15) is 26.2 Å². The Morgan fingerprint density at radius 1 is 1.15 bits per heavy atom. The van der Waals surface area contributed by atoms with E-state index in [2.05, 4.69) is 39.2 Å². The Morgan fingerprint density at radius 3 is 2.46 bits per heavy atom. The minimum absolute atomic E-state index is 0. The third kappa shape index (κ3) is 7.99. The van der Waals surface area contributed by atoms with Crippen molar-refractivity contribution in [3.63, 3.8) is 0 Å². The van der Waals surface area contributed by atoms with Gasteiger partial charge in [0.25, 0.3) is 0 Å². The van der Waals surface area contributed by atoms with Gasteiger partial charge in [0, 0.05) is 51.5 Å². The minimum Gasteiger partial charge on any atom is -0.497 e. The van der Waals surface area contributed by atoms with Crippen LogP contribution < -0.4 is 20.7 Å². The molecule has 1 saturated heterocycles. The molecule has 0 aliphatic carbocycles. The highest BCUT2D eigenvalue weighted by Crippen LogP contribution is 2.20. The van der Waals surface area contributed by atoms with Crippen LogP contribution in [-0.4, -0.2) is 63.8 Å². The molecular weight excluding hydrogens is 441 g/mol. The molecule has 0 atom stereocenters. The molecule has 0 amide bonds. The lowest BCUT2D eigenvalue weighted by atomic mass is 10.2. The normalized spacial score (nSPS) is 15.5. The topological polar surface area (TPSA) is 66.1 Å².